The molecular weight excluding hydrogens is 236 g/mol. The Morgan fingerprint density at radius 3 is 2.53 bits per heavy atom. The minimum absolute atomic E-state index is 0.581. The molecule has 0 aromatic heterocycles. The van der Waals surface area contributed by atoms with Crippen molar-refractivity contribution in [2.45, 2.75) is 39.4 Å². The smallest absolute Gasteiger partial charge is 0.0589 e. The number of rotatable bonds is 9. The van der Waals surface area contributed by atoms with Crippen LogP contribution >= 0.6 is 0 Å². The summed E-state index contributed by atoms with van der Waals surface area (Å²) in [5, 5.41) is 3.24. The van der Waals surface area contributed by atoms with Gasteiger partial charge in [0.05, 0.1) is 6.61 Å². The standard InChI is InChI=1S/C16H28N2O/c1-5-14(2)18(10-11-19-4)13-16-9-7-6-8-15(16)12-17-3/h6-9,14,17H,5,10-13H2,1-4H3. The van der Waals surface area contributed by atoms with Gasteiger partial charge in [0.1, 0.15) is 0 Å². The molecule has 1 unspecified atom stereocenters. The van der Waals surface area contributed by atoms with E-state index in [0.29, 0.717) is 6.04 Å². The Bertz CT molecular complexity index is 354. The average molecular weight is 264 g/mol. The van der Waals surface area contributed by atoms with Crippen molar-refractivity contribution in [3.05, 3.63) is 35.4 Å². The van der Waals surface area contributed by atoms with Crippen LogP contribution in [0.4, 0.5) is 0 Å². The summed E-state index contributed by atoms with van der Waals surface area (Å²) in [5.41, 5.74) is 2.80. The van der Waals surface area contributed by atoms with E-state index in [1.807, 2.05) is 7.05 Å². The Balaban J connectivity index is 2.76. The Kier molecular flexibility index (Phi) is 7.72. The van der Waals surface area contributed by atoms with E-state index in [0.717, 1.165) is 32.7 Å². The molecule has 1 N–H and O–H groups in total. The van der Waals surface area contributed by atoms with Crippen molar-refractivity contribution in [3.63, 3.8) is 0 Å². The van der Waals surface area contributed by atoms with Crippen molar-refractivity contribution in [2.24, 2.45) is 0 Å². The second-order valence-corrected chi connectivity index (χ2v) is 5.02. The maximum Gasteiger partial charge on any atom is 0.0589 e. The highest BCUT2D eigenvalue weighted by atomic mass is 16.5. The van der Waals surface area contributed by atoms with Crippen LogP contribution in [0, 0.1) is 0 Å². The number of nitrogens with one attached hydrogen (secondary N) is 1. The number of methoxy groups -OCH3 is 1. The first kappa shape index (κ1) is 16.2. The summed E-state index contributed by atoms with van der Waals surface area (Å²) in [6.07, 6.45) is 1.16. The molecule has 0 heterocycles. The summed E-state index contributed by atoms with van der Waals surface area (Å²) in [6, 6.07) is 9.25. The maximum atomic E-state index is 5.23. The molecule has 0 amide bonds. The topological polar surface area (TPSA) is 24.5 Å². The van der Waals surface area contributed by atoms with Gasteiger partial charge in [-0.05, 0) is 31.5 Å². The molecule has 1 aromatic rings. The third kappa shape index (κ3) is 5.31. The van der Waals surface area contributed by atoms with Gasteiger partial charge >= 0.3 is 0 Å². The summed E-state index contributed by atoms with van der Waals surface area (Å²) in [4.78, 5) is 2.50. The fraction of sp³-hybridized carbons (Fsp3) is 0.625. The van der Waals surface area contributed by atoms with E-state index in [1.54, 1.807) is 7.11 Å². The number of ether oxygens (including phenoxy) is 1. The van der Waals surface area contributed by atoms with E-state index in [4.69, 9.17) is 4.74 Å². The molecule has 1 rings (SSSR count). The van der Waals surface area contributed by atoms with E-state index in [1.165, 1.54) is 11.1 Å². The van der Waals surface area contributed by atoms with Crippen LogP contribution in [0.1, 0.15) is 31.4 Å². The molecule has 1 atom stereocenters. The molecule has 1 aromatic carbocycles. The first-order valence-electron chi connectivity index (χ1n) is 7.17. The van der Waals surface area contributed by atoms with Crippen LogP contribution in [0.5, 0.6) is 0 Å². The van der Waals surface area contributed by atoms with Gasteiger partial charge in [0.2, 0.25) is 0 Å². The molecule has 0 bridgehead atoms. The van der Waals surface area contributed by atoms with E-state index in [-0.39, 0.29) is 0 Å². The minimum atomic E-state index is 0.581. The van der Waals surface area contributed by atoms with Crippen molar-refractivity contribution in [1.82, 2.24) is 10.2 Å². The minimum Gasteiger partial charge on any atom is -0.383 e. The SMILES string of the molecule is CCC(C)N(CCOC)Cc1ccccc1CNC. The second kappa shape index (κ2) is 9.08. The molecule has 0 fully saturated rings. The first-order chi connectivity index (χ1) is 9.22. The molecule has 0 radical (unpaired) electrons. The Hall–Kier alpha value is -0.900. The van der Waals surface area contributed by atoms with Crippen molar-refractivity contribution in [2.75, 3.05) is 27.3 Å². The number of nitrogens with zero attached hydrogens (tertiary/aromatic N) is 1. The van der Waals surface area contributed by atoms with Crippen molar-refractivity contribution < 1.29 is 4.74 Å². The predicted octanol–water partition coefficient (Wildman–Crippen LogP) is 2.65. The maximum absolute atomic E-state index is 5.23. The zero-order valence-electron chi connectivity index (χ0n) is 12.8. The van der Waals surface area contributed by atoms with E-state index >= 15 is 0 Å². The molecule has 19 heavy (non-hydrogen) atoms. The summed E-state index contributed by atoms with van der Waals surface area (Å²) in [5.74, 6) is 0. The Labute approximate surface area is 118 Å². The van der Waals surface area contributed by atoms with Gasteiger partial charge in [-0.15, -0.1) is 0 Å². The largest absolute Gasteiger partial charge is 0.383 e. The predicted molar refractivity (Wildman–Crippen MR) is 81.2 cm³/mol. The van der Waals surface area contributed by atoms with Gasteiger partial charge in [-0.25, -0.2) is 0 Å². The molecule has 0 aliphatic carbocycles. The Morgan fingerprint density at radius 2 is 1.95 bits per heavy atom. The van der Waals surface area contributed by atoms with Crippen molar-refractivity contribution >= 4 is 0 Å². The van der Waals surface area contributed by atoms with Crippen LogP contribution in [0.2, 0.25) is 0 Å². The highest BCUT2D eigenvalue weighted by molar-refractivity contribution is 5.27. The summed E-state index contributed by atoms with van der Waals surface area (Å²) < 4.78 is 5.23. The third-order valence-corrected chi connectivity index (χ3v) is 3.66. The zero-order chi connectivity index (χ0) is 14.1. The number of hydrogen-bond donors (Lipinski definition) is 1. The zero-order valence-corrected chi connectivity index (χ0v) is 12.8. The quantitative estimate of drug-likeness (QED) is 0.742. The van der Waals surface area contributed by atoms with E-state index < -0.39 is 0 Å². The summed E-state index contributed by atoms with van der Waals surface area (Å²) >= 11 is 0. The normalized spacial score (nSPS) is 12.9. The lowest BCUT2D eigenvalue weighted by molar-refractivity contribution is 0.118. The van der Waals surface area contributed by atoms with Crippen LogP contribution in [-0.4, -0.2) is 38.3 Å². The van der Waals surface area contributed by atoms with Crippen LogP contribution in [0.25, 0.3) is 0 Å². The highest BCUT2D eigenvalue weighted by Crippen LogP contribution is 2.14. The van der Waals surface area contributed by atoms with Gasteiger partial charge in [0, 0.05) is 32.8 Å². The Morgan fingerprint density at radius 1 is 1.26 bits per heavy atom. The van der Waals surface area contributed by atoms with Gasteiger partial charge in [-0.3, -0.25) is 4.90 Å². The van der Waals surface area contributed by atoms with Crippen LogP contribution < -0.4 is 5.32 Å². The number of hydrogen-bond acceptors (Lipinski definition) is 3. The fourth-order valence-electron chi connectivity index (χ4n) is 2.22. The lowest BCUT2D eigenvalue weighted by atomic mass is 10.1. The summed E-state index contributed by atoms with van der Waals surface area (Å²) in [7, 11) is 3.76. The lowest BCUT2D eigenvalue weighted by Crippen LogP contribution is -2.35. The van der Waals surface area contributed by atoms with E-state index in [2.05, 4.69) is 48.3 Å². The lowest BCUT2D eigenvalue weighted by Gasteiger charge is -2.29. The highest BCUT2D eigenvalue weighted by Gasteiger charge is 2.13. The molecule has 3 heteroatoms. The van der Waals surface area contributed by atoms with Gasteiger partial charge in [0.25, 0.3) is 0 Å². The molecular formula is C16H28N2O. The van der Waals surface area contributed by atoms with Crippen LogP contribution in [0.3, 0.4) is 0 Å². The van der Waals surface area contributed by atoms with Crippen LogP contribution in [0.15, 0.2) is 24.3 Å². The van der Waals surface area contributed by atoms with E-state index in [9.17, 15) is 0 Å². The van der Waals surface area contributed by atoms with Gasteiger partial charge < -0.3 is 10.1 Å². The average Bonchev–Trinajstić information content (AvgIpc) is 2.44. The van der Waals surface area contributed by atoms with Crippen molar-refractivity contribution in [3.8, 4) is 0 Å². The van der Waals surface area contributed by atoms with Gasteiger partial charge in [-0.2, -0.15) is 0 Å². The molecule has 0 aliphatic rings. The van der Waals surface area contributed by atoms with Crippen molar-refractivity contribution in [1.29, 1.82) is 0 Å². The fourth-order valence-corrected chi connectivity index (χ4v) is 2.22. The third-order valence-electron chi connectivity index (χ3n) is 3.66. The molecule has 0 spiro atoms. The number of benzene rings is 1. The molecule has 0 saturated heterocycles. The molecule has 3 nitrogen and oxygen atoms in total. The first-order valence-corrected chi connectivity index (χ1v) is 7.17. The monoisotopic (exact) mass is 264 g/mol. The molecule has 0 aliphatic heterocycles. The van der Waals surface area contributed by atoms with Gasteiger partial charge in [-0.1, -0.05) is 31.2 Å². The van der Waals surface area contributed by atoms with Gasteiger partial charge in [0.15, 0.2) is 0 Å². The molecule has 0 saturated carbocycles. The van der Waals surface area contributed by atoms with Crippen LogP contribution in [-0.2, 0) is 17.8 Å². The summed E-state index contributed by atoms with van der Waals surface area (Å²) in [6.45, 7) is 8.23. The molecule has 108 valence electrons. The second-order valence-electron chi connectivity index (χ2n) is 5.02.